The van der Waals surface area contributed by atoms with Crippen LogP contribution in [0.1, 0.15) is 69.6 Å². The first-order chi connectivity index (χ1) is 17.2. The van der Waals surface area contributed by atoms with E-state index in [0.717, 1.165) is 41.7 Å². The van der Waals surface area contributed by atoms with Gasteiger partial charge in [-0.05, 0) is 79.1 Å². The number of pyridine rings is 1. The molecule has 190 valence electrons. The molecule has 0 aliphatic rings. The van der Waals surface area contributed by atoms with Gasteiger partial charge in [0.2, 0.25) is 0 Å². The van der Waals surface area contributed by atoms with Crippen LogP contribution in [0.5, 0.6) is 0 Å². The Kier molecular flexibility index (Phi) is 7.69. The van der Waals surface area contributed by atoms with E-state index in [-0.39, 0.29) is 23.1 Å². The van der Waals surface area contributed by atoms with Gasteiger partial charge in [0.25, 0.3) is 5.56 Å². The Morgan fingerprint density at radius 2 is 1.83 bits per heavy atom. The Bertz CT molecular complexity index is 1360. The summed E-state index contributed by atoms with van der Waals surface area (Å²) >= 11 is 0. The van der Waals surface area contributed by atoms with Crippen molar-refractivity contribution in [1.82, 2.24) is 30.1 Å². The van der Waals surface area contributed by atoms with E-state index in [1.165, 1.54) is 11.1 Å². The van der Waals surface area contributed by atoms with E-state index in [0.29, 0.717) is 6.54 Å². The molecule has 0 radical (unpaired) electrons. The molecule has 2 heterocycles. The number of rotatable bonds is 10. The highest BCUT2D eigenvalue weighted by molar-refractivity contribution is 5.79. The summed E-state index contributed by atoms with van der Waals surface area (Å²) < 4.78 is 1.97. The van der Waals surface area contributed by atoms with Crippen molar-refractivity contribution in [3.63, 3.8) is 0 Å². The fraction of sp³-hybridized carbons (Fsp3) is 0.448. The third-order valence-electron chi connectivity index (χ3n) is 7.20. The van der Waals surface area contributed by atoms with Gasteiger partial charge in [-0.1, -0.05) is 62.7 Å². The zero-order valence-electron chi connectivity index (χ0n) is 22.3. The highest BCUT2D eigenvalue weighted by atomic mass is 16.1. The molecule has 1 N–H and O–H groups in total. The SMILES string of the molecule is CCC(C)(C)n1nnnc1[C@H](C(C)C)N(CCc1ccccc1)Cc1cc2cc(C)ccc2[nH]c1=O. The predicted octanol–water partition coefficient (Wildman–Crippen LogP) is 5.41. The van der Waals surface area contributed by atoms with Gasteiger partial charge in [0.15, 0.2) is 5.82 Å². The van der Waals surface area contributed by atoms with Crippen LogP contribution in [0, 0.1) is 12.8 Å². The minimum atomic E-state index is -0.213. The maximum absolute atomic E-state index is 13.2. The highest BCUT2D eigenvalue weighted by Gasteiger charge is 2.33. The molecular weight excluding hydrogens is 448 g/mol. The first kappa shape index (κ1) is 25.8. The van der Waals surface area contributed by atoms with Gasteiger partial charge in [0, 0.05) is 24.2 Å². The average Bonchev–Trinajstić information content (AvgIpc) is 3.34. The lowest BCUT2D eigenvalue weighted by atomic mass is 9.97. The van der Waals surface area contributed by atoms with Crippen molar-refractivity contribution < 1.29 is 0 Å². The van der Waals surface area contributed by atoms with Crippen LogP contribution in [0.4, 0.5) is 0 Å². The summed E-state index contributed by atoms with van der Waals surface area (Å²) in [5.41, 5.74) is 3.78. The fourth-order valence-corrected chi connectivity index (χ4v) is 4.78. The molecule has 0 aliphatic heterocycles. The maximum atomic E-state index is 13.2. The number of tetrazole rings is 1. The van der Waals surface area contributed by atoms with E-state index >= 15 is 0 Å². The summed E-state index contributed by atoms with van der Waals surface area (Å²) in [7, 11) is 0. The molecular formula is C29H38N6O. The smallest absolute Gasteiger partial charge is 0.252 e. The lowest BCUT2D eigenvalue weighted by Crippen LogP contribution is -2.39. The third-order valence-corrected chi connectivity index (χ3v) is 7.20. The summed E-state index contributed by atoms with van der Waals surface area (Å²) in [6, 6.07) is 18.6. The van der Waals surface area contributed by atoms with Crippen molar-refractivity contribution in [2.75, 3.05) is 6.54 Å². The second kappa shape index (κ2) is 10.7. The molecule has 7 heteroatoms. The van der Waals surface area contributed by atoms with Crippen molar-refractivity contribution in [3.05, 3.63) is 87.5 Å². The van der Waals surface area contributed by atoms with Crippen LogP contribution in [0.15, 0.2) is 59.4 Å². The molecule has 0 saturated heterocycles. The summed E-state index contributed by atoms with van der Waals surface area (Å²) in [6.07, 6.45) is 1.77. The second-order valence-corrected chi connectivity index (χ2v) is 10.7. The fourth-order valence-electron chi connectivity index (χ4n) is 4.78. The molecule has 0 unspecified atom stereocenters. The molecule has 36 heavy (non-hydrogen) atoms. The maximum Gasteiger partial charge on any atom is 0.252 e. The summed E-state index contributed by atoms with van der Waals surface area (Å²) in [6.45, 7) is 14.2. The minimum Gasteiger partial charge on any atom is -0.322 e. The van der Waals surface area contributed by atoms with E-state index in [2.05, 4.69) is 97.3 Å². The Labute approximate surface area is 213 Å². The summed E-state index contributed by atoms with van der Waals surface area (Å²) in [5, 5.41) is 14.1. The Morgan fingerprint density at radius 1 is 1.08 bits per heavy atom. The van der Waals surface area contributed by atoms with E-state index in [9.17, 15) is 4.79 Å². The van der Waals surface area contributed by atoms with Crippen molar-refractivity contribution in [1.29, 1.82) is 0 Å². The first-order valence-electron chi connectivity index (χ1n) is 12.9. The number of hydrogen-bond acceptors (Lipinski definition) is 5. The Morgan fingerprint density at radius 3 is 2.53 bits per heavy atom. The van der Waals surface area contributed by atoms with Crippen molar-refractivity contribution >= 4 is 10.9 Å². The molecule has 1 atom stereocenters. The number of H-pyrrole nitrogens is 1. The topological polar surface area (TPSA) is 79.7 Å². The van der Waals surface area contributed by atoms with Gasteiger partial charge in [-0.2, -0.15) is 0 Å². The molecule has 0 amide bonds. The highest BCUT2D eigenvalue weighted by Crippen LogP contribution is 2.32. The number of aryl methyl sites for hydroxylation is 1. The molecule has 2 aromatic carbocycles. The molecule has 0 spiro atoms. The van der Waals surface area contributed by atoms with Gasteiger partial charge in [-0.3, -0.25) is 9.69 Å². The standard InChI is InChI=1S/C29H38N6O/c1-7-29(5,6)35-27(31-32-33-35)26(20(2)3)34(16-15-22-11-9-8-10-12-22)19-24-18-23-17-21(4)13-14-25(23)30-28(24)36/h8-14,17-18,20,26H,7,15-16,19H2,1-6H3,(H,30,36)/t26-/m0/s1. The van der Waals surface area contributed by atoms with Crippen LogP contribution < -0.4 is 5.56 Å². The molecule has 2 aromatic heterocycles. The number of nitrogens with one attached hydrogen (secondary N) is 1. The molecule has 0 fully saturated rings. The second-order valence-electron chi connectivity index (χ2n) is 10.7. The summed E-state index contributed by atoms with van der Waals surface area (Å²) in [4.78, 5) is 18.6. The number of aromatic nitrogens is 5. The number of fused-ring (bicyclic) bond motifs is 1. The van der Waals surface area contributed by atoms with Gasteiger partial charge >= 0.3 is 0 Å². The first-order valence-corrected chi connectivity index (χ1v) is 12.9. The van der Waals surface area contributed by atoms with Crippen LogP contribution in [0.2, 0.25) is 0 Å². The van der Waals surface area contributed by atoms with Crippen LogP contribution >= 0.6 is 0 Å². The number of hydrogen-bond donors (Lipinski definition) is 1. The van der Waals surface area contributed by atoms with E-state index in [4.69, 9.17) is 0 Å². The van der Waals surface area contributed by atoms with Crippen LogP contribution in [0.25, 0.3) is 10.9 Å². The lowest BCUT2D eigenvalue weighted by Gasteiger charge is -2.35. The van der Waals surface area contributed by atoms with Gasteiger partial charge in [0.1, 0.15) is 0 Å². The number of benzene rings is 2. The normalized spacial score (nSPS) is 13.1. The Hall–Kier alpha value is -3.32. The molecule has 4 rings (SSSR count). The lowest BCUT2D eigenvalue weighted by molar-refractivity contribution is 0.127. The molecule has 0 saturated carbocycles. The van der Waals surface area contributed by atoms with E-state index in [1.54, 1.807) is 0 Å². The van der Waals surface area contributed by atoms with E-state index in [1.807, 2.05) is 28.9 Å². The average molecular weight is 487 g/mol. The number of nitrogens with zero attached hydrogens (tertiary/aromatic N) is 5. The quantitative estimate of drug-likeness (QED) is 0.324. The molecule has 4 aromatic rings. The zero-order valence-corrected chi connectivity index (χ0v) is 22.3. The van der Waals surface area contributed by atoms with Gasteiger partial charge in [-0.15, -0.1) is 5.10 Å². The molecule has 0 bridgehead atoms. The minimum absolute atomic E-state index is 0.0490. The van der Waals surface area contributed by atoms with Gasteiger partial charge in [0.05, 0.1) is 11.6 Å². The zero-order chi connectivity index (χ0) is 25.9. The molecule has 7 nitrogen and oxygen atoms in total. The Balaban J connectivity index is 1.76. The largest absolute Gasteiger partial charge is 0.322 e. The van der Waals surface area contributed by atoms with Gasteiger partial charge in [-0.25, -0.2) is 4.68 Å². The van der Waals surface area contributed by atoms with Crippen LogP contribution in [-0.2, 0) is 18.5 Å². The monoisotopic (exact) mass is 486 g/mol. The van der Waals surface area contributed by atoms with Crippen LogP contribution in [-0.4, -0.2) is 36.6 Å². The van der Waals surface area contributed by atoms with Crippen LogP contribution in [0.3, 0.4) is 0 Å². The summed E-state index contributed by atoms with van der Waals surface area (Å²) in [5.74, 6) is 1.08. The van der Waals surface area contributed by atoms with E-state index < -0.39 is 0 Å². The van der Waals surface area contributed by atoms with Crippen molar-refractivity contribution in [3.8, 4) is 0 Å². The third kappa shape index (κ3) is 5.57. The number of aromatic amines is 1. The van der Waals surface area contributed by atoms with Crippen molar-refractivity contribution in [2.24, 2.45) is 5.92 Å². The predicted molar refractivity (Wildman–Crippen MR) is 145 cm³/mol. The van der Waals surface area contributed by atoms with Gasteiger partial charge < -0.3 is 4.98 Å². The molecule has 0 aliphatic carbocycles. The van der Waals surface area contributed by atoms with Crippen molar-refractivity contribution in [2.45, 2.75) is 72.5 Å².